The number of fused-ring (bicyclic) bond motifs is 1. The first kappa shape index (κ1) is 26.8. The van der Waals surface area contributed by atoms with E-state index >= 15 is 0 Å². The Hall–Kier alpha value is -3.79. The second kappa shape index (κ2) is 11.9. The maximum absolute atomic E-state index is 13.0. The average Bonchev–Trinajstić information content (AvgIpc) is 3.59. The molecule has 1 aromatic carbocycles. The van der Waals surface area contributed by atoms with E-state index in [-0.39, 0.29) is 5.91 Å². The molecule has 5 rings (SSSR count). The smallest absolute Gasteiger partial charge is 0.233 e. The zero-order valence-electron chi connectivity index (χ0n) is 23.2. The van der Waals surface area contributed by atoms with Gasteiger partial charge in [0.25, 0.3) is 0 Å². The van der Waals surface area contributed by atoms with E-state index < -0.39 is 5.41 Å². The Balaban J connectivity index is 1.48. The number of aryl methyl sites for hydroxylation is 1. The molecule has 0 aliphatic carbocycles. The van der Waals surface area contributed by atoms with E-state index in [2.05, 4.69) is 37.3 Å². The zero-order chi connectivity index (χ0) is 27.2. The van der Waals surface area contributed by atoms with Crippen molar-refractivity contribution in [1.82, 2.24) is 34.2 Å². The highest BCUT2D eigenvalue weighted by Gasteiger charge is 2.25. The van der Waals surface area contributed by atoms with Crippen LogP contribution in [0.25, 0.3) is 17.1 Å². The lowest BCUT2D eigenvalue weighted by Crippen LogP contribution is -2.30. The molecule has 3 aromatic heterocycles. The average molecular weight is 530 g/mol. The molecule has 0 atom stereocenters. The monoisotopic (exact) mass is 529 g/mol. The molecule has 0 unspecified atom stereocenters. The Morgan fingerprint density at radius 2 is 1.72 bits per heavy atom. The molecule has 1 fully saturated rings. The number of nitrogens with zero attached hydrogens (tertiary/aromatic N) is 7. The lowest BCUT2D eigenvalue weighted by molar-refractivity contribution is -0.123. The molecule has 39 heavy (non-hydrogen) atoms. The van der Waals surface area contributed by atoms with E-state index in [1.807, 2.05) is 51.2 Å². The van der Waals surface area contributed by atoms with Gasteiger partial charge in [-0.25, -0.2) is 9.67 Å². The number of carbonyl (C=O) groups is 1. The predicted octanol–water partition coefficient (Wildman–Crippen LogP) is 4.87. The number of piperidine rings is 1. The summed E-state index contributed by atoms with van der Waals surface area (Å²) in [5.74, 6) is 1.37. The summed E-state index contributed by atoms with van der Waals surface area (Å²) in [6.07, 6.45) is 9.64. The van der Waals surface area contributed by atoms with Crippen LogP contribution < -0.4 is 10.6 Å². The first-order chi connectivity index (χ1) is 18.9. The summed E-state index contributed by atoms with van der Waals surface area (Å²) in [6.45, 7) is 10.5. The van der Waals surface area contributed by atoms with Crippen molar-refractivity contribution < 1.29 is 4.79 Å². The van der Waals surface area contributed by atoms with Crippen LogP contribution in [0, 0.1) is 5.41 Å². The van der Waals surface area contributed by atoms with Gasteiger partial charge < -0.3 is 15.5 Å². The zero-order valence-corrected chi connectivity index (χ0v) is 23.2. The predicted molar refractivity (Wildman–Crippen MR) is 154 cm³/mol. The Labute approximate surface area is 229 Å². The molecule has 10 nitrogen and oxygen atoms in total. The minimum atomic E-state index is -0.587. The number of likely N-dealkylation sites (tertiary alicyclic amines) is 1. The summed E-state index contributed by atoms with van der Waals surface area (Å²) < 4.78 is 3.85. The number of hydrogen-bond donors (Lipinski definition) is 2. The first-order valence-corrected chi connectivity index (χ1v) is 14.0. The van der Waals surface area contributed by atoms with Gasteiger partial charge in [-0.15, -0.1) is 0 Å². The third-order valence-electron chi connectivity index (χ3n) is 7.05. The number of amides is 1. The third kappa shape index (κ3) is 6.62. The summed E-state index contributed by atoms with van der Waals surface area (Å²) in [5, 5.41) is 10.8. The van der Waals surface area contributed by atoms with Crippen LogP contribution in [0.5, 0.6) is 0 Å². The largest absolute Gasteiger partial charge is 0.350 e. The van der Waals surface area contributed by atoms with Crippen molar-refractivity contribution in [3.05, 3.63) is 54.4 Å². The van der Waals surface area contributed by atoms with Crippen LogP contribution in [0.4, 0.5) is 11.8 Å². The maximum Gasteiger partial charge on any atom is 0.233 e. The maximum atomic E-state index is 13.0. The van der Waals surface area contributed by atoms with Crippen molar-refractivity contribution in [2.75, 3.05) is 30.3 Å². The number of hydrogen-bond acceptors (Lipinski definition) is 7. The Morgan fingerprint density at radius 3 is 2.44 bits per heavy atom. The highest BCUT2D eigenvalue weighted by Crippen LogP contribution is 2.27. The van der Waals surface area contributed by atoms with Crippen molar-refractivity contribution in [1.29, 1.82) is 0 Å². The number of anilines is 2. The van der Waals surface area contributed by atoms with E-state index in [1.54, 1.807) is 10.9 Å². The van der Waals surface area contributed by atoms with Gasteiger partial charge in [0.05, 0.1) is 0 Å². The van der Waals surface area contributed by atoms with E-state index in [0.717, 1.165) is 31.5 Å². The number of rotatable bonds is 10. The van der Waals surface area contributed by atoms with Gasteiger partial charge in [0.1, 0.15) is 0 Å². The van der Waals surface area contributed by atoms with Gasteiger partial charge in [0, 0.05) is 30.9 Å². The van der Waals surface area contributed by atoms with Crippen LogP contribution in [0.15, 0.2) is 48.8 Å². The number of carbonyl (C=O) groups excluding carboxylic acids is 1. The Kier molecular flexibility index (Phi) is 8.21. The van der Waals surface area contributed by atoms with Crippen molar-refractivity contribution >= 4 is 28.8 Å². The third-order valence-corrected chi connectivity index (χ3v) is 7.05. The summed E-state index contributed by atoms with van der Waals surface area (Å²) in [7, 11) is 0. The molecule has 1 aliphatic heterocycles. The normalized spacial score (nSPS) is 14.5. The van der Waals surface area contributed by atoms with Crippen LogP contribution in [0.1, 0.15) is 58.4 Å². The minimum absolute atomic E-state index is 0.131. The second-order valence-electron chi connectivity index (χ2n) is 11.2. The molecule has 0 radical (unpaired) electrons. The molecule has 2 N–H and O–H groups in total. The van der Waals surface area contributed by atoms with Crippen molar-refractivity contribution in [2.45, 2.75) is 66.0 Å². The first-order valence-electron chi connectivity index (χ1n) is 14.0. The molecule has 1 saturated heterocycles. The molecule has 0 saturated carbocycles. The van der Waals surface area contributed by atoms with Crippen LogP contribution in [-0.4, -0.2) is 59.7 Å². The van der Waals surface area contributed by atoms with Crippen LogP contribution >= 0.6 is 0 Å². The van der Waals surface area contributed by atoms with Crippen LogP contribution in [0.3, 0.4) is 0 Å². The van der Waals surface area contributed by atoms with Gasteiger partial charge in [-0.3, -0.25) is 9.36 Å². The SMILES string of the molecule is CC(C)(C)C(=O)Nc1nc(NCc2ccccc2)nc2c1nc(-n1cccn1)n2CCCCN1CCCCC1. The molecular formula is C29H39N9O. The van der Waals surface area contributed by atoms with Crippen LogP contribution in [-0.2, 0) is 17.9 Å². The van der Waals surface area contributed by atoms with E-state index in [1.165, 1.54) is 32.4 Å². The van der Waals surface area contributed by atoms with Crippen molar-refractivity contribution in [2.24, 2.45) is 5.41 Å². The van der Waals surface area contributed by atoms with E-state index in [9.17, 15) is 4.79 Å². The van der Waals surface area contributed by atoms with Crippen molar-refractivity contribution in [3.63, 3.8) is 0 Å². The lowest BCUT2D eigenvalue weighted by atomic mass is 9.96. The number of nitrogens with one attached hydrogen (secondary N) is 2. The van der Waals surface area contributed by atoms with Gasteiger partial charge in [-0.1, -0.05) is 57.5 Å². The summed E-state index contributed by atoms with van der Waals surface area (Å²) in [5.41, 5.74) is 1.76. The Bertz CT molecular complexity index is 1370. The molecule has 4 heterocycles. The fraction of sp³-hybridized carbons (Fsp3) is 0.483. The van der Waals surface area contributed by atoms with Gasteiger partial charge in [0.2, 0.25) is 17.8 Å². The molecule has 1 amide bonds. The summed E-state index contributed by atoms with van der Waals surface area (Å²) in [6, 6.07) is 12.0. The van der Waals surface area contributed by atoms with E-state index in [4.69, 9.17) is 15.0 Å². The number of imidazole rings is 1. The van der Waals surface area contributed by atoms with E-state index in [0.29, 0.717) is 35.4 Å². The van der Waals surface area contributed by atoms with Crippen LogP contribution in [0.2, 0.25) is 0 Å². The molecule has 1 aliphatic rings. The van der Waals surface area contributed by atoms with Gasteiger partial charge in [0.15, 0.2) is 17.0 Å². The molecular weight excluding hydrogens is 490 g/mol. The standard InChI is InChI=1S/C29H39N9O/c1-29(2,3)26(39)33-24-23-25(35-27(34-24)30-21-22-13-6-4-7-14-22)37(28(32-23)38-20-12-15-31-38)19-11-10-18-36-16-8-5-9-17-36/h4,6-7,12-15,20H,5,8-11,16-19,21H2,1-3H3,(H2,30,33,34,35,39). The molecule has 0 bridgehead atoms. The fourth-order valence-corrected chi connectivity index (χ4v) is 4.78. The fourth-order valence-electron chi connectivity index (χ4n) is 4.78. The molecule has 0 spiro atoms. The molecule has 10 heteroatoms. The number of benzene rings is 1. The lowest BCUT2D eigenvalue weighted by Gasteiger charge is -2.26. The molecule has 4 aromatic rings. The highest BCUT2D eigenvalue weighted by atomic mass is 16.2. The summed E-state index contributed by atoms with van der Waals surface area (Å²) in [4.78, 5) is 30.1. The summed E-state index contributed by atoms with van der Waals surface area (Å²) >= 11 is 0. The number of unbranched alkanes of at least 4 members (excludes halogenated alkanes) is 1. The number of aromatic nitrogens is 6. The minimum Gasteiger partial charge on any atom is -0.350 e. The highest BCUT2D eigenvalue weighted by molar-refractivity contribution is 6.00. The van der Waals surface area contributed by atoms with Crippen molar-refractivity contribution in [3.8, 4) is 5.95 Å². The quantitative estimate of drug-likeness (QED) is 0.282. The topological polar surface area (TPSA) is 106 Å². The Morgan fingerprint density at radius 1 is 0.949 bits per heavy atom. The second-order valence-corrected chi connectivity index (χ2v) is 11.2. The van der Waals surface area contributed by atoms with Gasteiger partial charge in [-0.05, 0) is 56.9 Å². The molecule has 206 valence electrons. The van der Waals surface area contributed by atoms with Gasteiger partial charge in [-0.2, -0.15) is 15.1 Å². The van der Waals surface area contributed by atoms with Gasteiger partial charge >= 0.3 is 0 Å².